The monoisotopic (exact) mass is 80.1 g/mol. The minimum atomic E-state index is -0.153. The van der Waals surface area contributed by atoms with E-state index in [1.54, 1.807) is 0 Å². The van der Waals surface area contributed by atoms with E-state index >= 15 is 0 Å². The smallest absolute Gasteiger partial charge is 0.0689 e. The van der Waals surface area contributed by atoms with E-state index in [0.717, 1.165) is 12.8 Å². The van der Waals surface area contributed by atoms with Gasteiger partial charge >= 0.3 is 0 Å². The van der Waals surface area contributed by atoms with E-state index in [1.807, 2.05) is 0 Å². The summed E-state index contributed by atoms with van der Waals surface area (Å²) >= 11 is 0. The lowest BCUT2D eigenvalue weighted by molar-refractivity contribution is 0.872. The molecule has 0 aromatic heterocycles. The molecule has 0 bridgehead atoms. The highest BCUT2D eigenvalue weighted by atomic mass is 14.4. The Bertz CT molecular complexity index is 95.0. The van der Waals surface area contributed by atoms with Crippen molar-refractivity contribution in [2.45, 2.75) is 12.8 Å². The Balaban J connectivity index is 2.54. The van der Waals surface area contributed by atoms with Gasteiger partial charge in [-0.2, -0.15) is 5.26 Å². The van der Waals surface area contributed by atoms with Crippen molar-refractivity contribution in [1.29, 1.82) is 5.26 Å². The molecular weight excluding hydrogens is 74.1 g/mol. The highest BCUT2D eigenvalue weighted by Gasteiger charge is 2.37. The fourth-order valence-electron chi connectivity index (χ4n) is 0.263. The van der Waals surface area contributed by atoms with E-state index in [0.29, 0.717) is 0 Å². The van der Waals surface area contributed by atoms with Gasteiger partial charge in [0.25, 0.3) is 0 Å². The minimum Gasteiger partial charge on any atom is -0.198 e. The predicted octanol–water partition coefficient (Wildman–Crippen LogP) is 1.12. The highest BCUT2D eigenvalue weighted by Crippen LogP contribution is 2.43. The van der Waals surface area contributed by atoms with Crippen molar-refractivity contribution in [3.8, 4) is 6.07 Å². The van der Waals surface area contributed by atoms with Crippen molar-refractivity contribution >= 4 is 0 Å². The molecule has 0 atom stereocenters. The van der Waals surface area contributed by atoms with Gasteiger partial charge < -0.3 is 0 Å². The van der Waals surface area contributed by atoms with E-state index in [2.05, 4.69) is 13.0 Å². The maximum absolute atomic E-state index is 8.15. The Morgan fingerprint density at radius 2 is 2.17 bits per heavy atom. The summed E-state index contributed by atoms with van der Waals surface area (Å²) in [5, 5.41) is 8.15. The Labute approximate surface area is 37.6 Å². The van der Waals surface area contributed by atoms with Crippen LogP contribution in [0.15, 0.2) is 0 Å². The van der Waals surface area contributed by atoms with Crippen molar-refractivity contribution < 1.29 is 0 Å². The number of hydrogen-bond donors (Lipinski definition) is 0. The molecule has 1 rings (SSSR count). The molecule has 1 fully saturated rings. The molecule has 1 aliphatic rings. The maximum atomic E-state index is 8.15. The largest absolute Gasteiger partial charge is 0.198 e. The van der Waals surface area contributed by atoms with Gasteiger partial charge in [0.05, 0.1) is 11.5 Å². The summed E-state index contributed by atoms with van der Waals surface area (Å²) < 4.78 is 0. The van der Waals surface area contributed by atoms with Crippen molar-refractivity contribution in [3.63, 3.8) is 0 Å². The lowest BCUT2D eigenvalue weighted by Crippen LogP contribution is -1.81. The Kier molecular flexibility index (Phi) is 0.464. The van der Waals surface area contributed by atoms with E-state index in [-0.39, 0.29) is 5.41 Å². The van der Waals surface area contributed by atoms with E-state index in [9.17, 15) is 0 Å². The van der Waals surface area contributed by atoms with Crippen LogP contribution in [0.3, 0.4) is 0 Å². The fraction of sp³-hybridized carbons (Fsp3) is 0.600. The third-order valence-electron chi connectivity index (χ3n) is 1.09. The molecule has 0 amide bonds. The molecule has 0 saturated heterocycles. The molecule has 0 aromatic rings. The van der Waals surface area contributed by atoms with Crippen LogP contribution in [-0.4, -0.2) is 0 Å². The van der Waals surface area contributed by atoms with Crippen molar-refractivity contribution in [2.75, 3.05) is 0 Å². The van der Waals surface area contributed by atoms with Crippen LogP contribution >= 0.6 is 0 Å². The van der Waals surface area contributed by atoms with Crippen molar-refractivity contribution in [2.24, 2.45) is 5.41 Å². The summed E-state index contributed by atoms with van der Waals surface area (Å²) in [6.45, 7) is 3.64. The topological polar surface area (TPSA) is 23.8 Å². The zero-order valence-corrected chi connectivity index (χ0v) is 3.57. The maximum Gasteiger partial charge on any atom is 0.0689 e. The quantitative estimate of drug-likeness (QED) is 0.427. The molecule has 0 heterocycles. The van der Waals surface area contributed by atoms with Gasteiger partial charge in [0.15, 0.2) is 0 Å². The molecule has 1 radical (unpaired) electrons. The van der Waals surface area contributed by atoms with Crippen LogP contribution in [-0.2, 0) is 0 Å². The standard InChI is InChI=1S/C5H6N/c1-5(4-6)2-3-5/h1-3H2. The van der Waals surface area contributed by atoms with Gasteiger partial charge in [-0.3, -0.25) is 0 Å². The normalized spacial score (nSPS) is 25.3. The van der Waals surface area contributed by atoms with Gasteiger partial charge in [-0.1, -0.05) is 0 Å². The van der Waals surface area contributed by atoms with Gasteiger partial charge in [-0.05, 0) is 19.8 Å². The third kappa shape index (κ3) is 0.386. The Hall–Kier alpha value is -0.510. The molecule has 31 valence electrons. The van der Waals surface area contributed by atoms with E-state index in [4.69, 9.17) is 5.26 Å². The predicted molar refractivity (Wildman–Crippen MR) is 22.6 cm³/mol. The van der Waals surface area contributed by atoms with Crippen LogP contribution < -0.4 is 0 Å². The zero-order valence-electron chi connectivity index (χ0n) is 3.57. The molecule has 0 aliphatic heterocycles. The van der Waals surface area contributed by atoms with Crippen molar-refractivity contribution in [3.05, 3.63) is 6.92 Å². The third-order valence-corrected chi connectivity index (χ3v) is 1.09. The number of hydrogen-bond acceptors (Lipinski definition) is 1. The summed E-state index contributed by atoms with van der Waals surface area (Å²) in [5.74, 6) is 0. The Morgan fingerprint density at radius 1 is 1.67 bits per heavy atom. The first-order valence-corrected chi connectivity index (χ1v) is 2.03. The van der Waals surface area contributed by atoms with Crippen LogP contribution in [0, 0.1) is 23.7 Å². The van der Waals surface area contributed by atoms with Gasteiger partial charge in [-0.25, -0.2) is 0 Å². The van der Waals surface area contributed by atoms with E-state index < -0.39 is 0 Å². The van der Waals surface area contributed by atoms with Crippen LogP contribution in [0.1, 0.15) is 12.8 Å². The first kappa shape index (κ1) is 3.67. The van der Waals surface area contributed by atoms with Crippen LogP contribution in [0.25, 0.3) is 0 Å². The Morgan fingerprint density at radius 3 is 2.17 bits per heavy atom. The number of rotatable bonds is 0. The van der Waals surface area contributed by atoms with E-state index in [1.165, 1.54) is 0 Å². The molecule has 1 aliphatic carbocycles. The SMILES string of the molecule is [CH2]C1(C#N)CC1. The molecule has 6 heavy (non-hydrogen) atoms. The van der Waals surface area contributed by atoms with Crippen LogP contribution in [0.4, 0.5) is 0 Å². The number of nitrogens with zero attached hydrogens (tertiary/aromatic N) is 1. The summed E-state index contributed by atoms with van der Waals surface area (Å²) in [5.41, 5.74) is -0.153. The lowest BCUT2D eigenvalue weighted by Gasteiger charge is -1.82. The molecule has 1 nitrogen and oxygen atoms in total. The number of nitriles is 1. The first-order chi connectivity index (χ1) is 2.77. The lowest BCUT2D eigenvalue weighted by atomic mass is 10.2. The fourth-order valence-corrected chi connectivity index (χ4v) is 0.263. The molecule has 0 unspecified atom stereocenters. The summed E-state index contributed by atoms with van der Waals surface area (Å²) in [4.78, 5) is 0. The average Bonchev–Trinajstić information content (AvgIpc) is 2.22. The minimum absolute atomic E-state index is 0.153. The zero-order chi connectivity index (χ0) is 4.62. The molecule has 0 N–H and O–H groups in total. The summed E-state index contributed by atoms with van der Waals surface area (Å²) in [6, 6.07) is 2.10. The average molecular weight is 80.1 g/mol. The van der Waals surface area contributed by atoms with Crippen LogP contribution in [0.2, 0.25) is 0 Å². The molecular formula is C5H6N. The first-order valence-electron chi connectivity index (χ1n) is 2.03. The molecule has 1 heteroatoms. The summed E-state index contributed by atoms with van der Waals surface area (Å²) in [6.07, 6.45) is 2.01. The second-order valence-corrected chi connectivity index (χ2v) is 1.89. The van der Waals surface area contributed by atoms with Crippen molar-refractivity contribution in [1.82, 2.24) is 0 Å². The van der Waals surface area contributed by atoms with Gasteiger partial charge in [-0.15, -0.1) is 0 Å². The van der Waals surface area contributed by atoms with Gasteiger partial charge in [0.2, 0.25) is 0 Å². The second-order valence-electron chi connectivity index (χ2n) is 1.89. The molecule has 1 saturated carbocycles. The highest BCUT2D eigenvalue weighted by molar-refractivity contribution is 5.11. The summed E-state index contributed by atoms with van der Waals surface area (Å²) in [7, 11) is 0. The molecule has 0 spiro atoms. The van der Waals surface area contributed by atoms with Crippen LogP contribution in [0.5, 0.6) is 0 Å². The molecule has 0 aromatic carbocycles. The van der Waals surface area contributed by atoms with Gasteiger partial charge in [0.1, 0.15) is 0 Å². The van der Waals surface area contributed by atoms with Gasteiger partial charge in [0, 0.05) is 0 Å². The second kappa shape index (κ2) is 0.759.